The summed E-state index contributed by atoms with van der Waals surface area (Å²) in [5.74, 6) is -1.47. The fraction of sp³-hybridized carbons (Fsp3) is 0.222. The number of hydrogen-bond acceptors (Lipinski definition) is 8. The first kappa shape index (κ1) is 24.8. The van der Waals surface area contributed by atoms with E-state index >= 15 is 0 Å². The fourth-order valence-corrected chi connectivity index (χ4v) is 4.71. The zero-order valence-corrected chi connectivity index (χ0v) is 20.7. The Balaban J connectivity index is 1.61. The van der Waals surface area contributed by atoms with Crippen molar-refractivity contribution in [3.05, 3.63) is 70.4 Å². The molecule has 0 atom stereocenters. The molecule has 0 aliphatic carbocycles. The summed E-state index contributed by atoms with van der Waals surface area (Å²) in [6.07, 6.45) is 6.02. The number of carbonyl (C=O) groups excluding carboxylic acids is 1. The molecule has 11 nitrogen and oxygen atoms in total. The normalized spacial score (nSPS) is 13.3. The van der Waals surface area contributed by atoms with Gasteiger partial charge in [-0.2, -0.15) is 0 Å². The molecule has 5 N–H and O–H groups in total. The highest BCUT2D eigenvalue weighted by atomic mass is 16.5. The number of rotatable bonds is 7. The van der Waals surface area contributed by atoms with Crippen LogP contribution >= 0.6 is 0 Å². The minimum absolute atomic E-state index is 0.134. The number of primary amides is 1. The number of carboxylic acids is 1. The van der Waals surface area contributed by atoms with Gasteiger partial charge in [0.1, 0.15) is 0 Å². The highest BCUT2D eigenvalue weighted by Gasteiger charge is 2.19. The van der Waals surface area contributed by atoms with Crippen LogP contribution in [0.2, 0.25) is 0 Å². The third-order valence-electron chi connectivity index (χ3n) is 6.58. The molecule has 194 valence electrons. The van der Waals surface area contributed by atoms with E-state index in [1.807, 2.05) is 6.07 Å². The van der Waals surface area contributed by atoms with Crippen molar-refractivity contribution in [2.45, 2.75) is 19.3 Å². The molecule has 1 aliphatic rings. The van der Waals surface area contributed by atoms with Crippen molar-refractivity contribution in [2.24, 2.45) is 5.73 Å². The Hall–Kier alpha value is -4.93. The van der Waals surface area contributed by atoms with Crippen molar-refractivity contribution in [2.75, 3.05) is 30.4 Å². The number of aromatic nitrogens is 3. The number of amides is 1. The van der Waals surface area contributed by atoms with E-state index in [1.165, 1.54) is 25.6 Å². The highest BCUT2D eigenvalue weighted by molar-refractivity contribution is 6.08. The molecular formula is C27H26N6O5. The molecule has 2 aromatic carbocycles. The minimum atomic E-state index is -1.05. The second-order valence-corrected chi connectivity index (χ2v) is 9.02. The van der Waals surface area contributed by atoms with Gasteiger partial charge in [-0.15, -0.1) is 0 Å². The second-order valence-electron chi connectivity index (χ2n) is 9.02. The van der Waals surface area contributed by atoms with E-state index in [-0.39, 0.29) is 17.0 Å². The second kappa shape index (κ2) is 10.2. The van der Waals surface area contributed by atoms with Crippen LogP contribution in [0.5, 0.6) is 5.88 Å². The SMILES string of the molecule is COc1[nH]c(=O)ncc1-c1ccc2c(Nc3cc(C(=O)O)cc(N4CCCCC4)c3)c(C(N)=O)cnc2c1. The number of nitrogens with one attached hydrogen (secondary N) is 2. The Morgan fingerprint density at radius 2 is 1.87 bits per heavy atom. The van der Waals surface area contributed by atoms with E-state index in [0.29, 0.717) is 33.4 Å². The third-order valence-corrected chi connectivity index (χ3v) is 6.58. The molecule has 0 radical (unpaired) electrons. The predicted molar refractivity (Wildman–Crippen MR) is 143 cm³/mol. The van der Waals surface area contributed by atoms with Gasteiger partial charge in [-0.3, -0.25) is 14.8 Å². The molecule has 2 aromatic heterocycles. The molecule has 1 fully saturated rings. The molecular weight excluding hydrogens is 488 g/mol. The molecule has 4 aromatic rings. The number of aromatic amines is 1. The predicted octanol–water partition coefficient (Wildman–Crippen LogP) is 3.52. The number of nitrogens with zero attached hydrogens (tertiary/aromatic N) is 3. The average molecular weight is 515 g/mol. The Bertz CT molecular complexity index is 1610. The number of anilines is 3. The number of nitrogens with two attached hydrogens (primary N) is 1. The molecule has 38 heavy (non-hydrogen) atoms. The molecule has 1 saturated heterocycles. The summed E-state index contributed by atoms with van der Waals surface area (Å²) in [6.45, 7) is 1.69. The van der Waals surface area contributed by atoms with Gasteiger partial charge in [0.15, 0.2) is 0 Å². The summed E-state index contributed by atoms with van der Waals surface area (Å²) in [5.41, 5.74) is 8.94. The lowest BCUT2D eigenvalue weighted by molar-refractivity contribution is 0.0696. The Kier molecular flexibility index (Phi) is 6.65. The molecule has 5 rings (SSSR count). The van der Waals surface area contributed by atoms with Gasteiger partial charge in [-0.1, -0.05) is 12.1 Å². The monoisotopic (exact) mass is 514 g/mol. The first-order chi connectivity index (χ1) is 18.3. The molecule has 11 heteroatoms. The number of carbonyl (C=O) groups is 2. The Morgan fingerprint density at radius 3 is 2.58 bits per heavy atom. The fourth-order valence-electron chi connectivity index (χ4n) is 4.71. The Labute approximate surface area is 217 Å². The number of ether oxygens (including phenoxy) is 1. The number of benzene rings is 2. The smallest absolute Gasteiger partial charge is 0.347 e. The van der Waals surface area contributed by atoms with Crippen LogP contribution in [0, 0.1) is 0 Å². The van der Waals surface area contributed by atoms with Crippen LogP contribution in [-0.4, -0.2) is 52.1 Å². The van der Waals surface area contributed by atoms with Gasteiger partial charge >= 0.3 is 11.7 Å². The molecule has 3 heterocycles. The number of pyridine rings is 1. The molecule has 0 saturated carbocycles. The maximum absolute atomic E-state index is 12.3. The summed E-state index contributed by atoms with van der Waals surface area (Å²) in [5, 5.41) is 13.6. The van der Waals surface area contributed by atoms with Crippen molar-refractivity contribution >= 4 is 39.8 Å². The molecule has 0 unspecified atom stereocenters. The van der Waals surface area contributed by atoms with Crippen molar-refractivity contribution in [3.8, 4) is 17.0 Å². The van der Waals surface area contributed by atoms with Gasteiger partial charge in [0, 0.05) is 42.2 Å². The highest BCUT2D eigenvalue weighted by Crippen LogP contribution is 2.35. The topological polar surface area (TPSA) is 164 Å². The van der Waals surface area contributed by atoms with Gasteiger partial charge in [0.05, 0.1) is 35.0 Å². The minimum Gasteiger partial charge on any atom is -0.482 e. The van der Waals surface area contributed by atoms with Gasteiger partial charge in [-0.25, -0.2) is 14.6 Å². The number of carboxylic acid groups (broad SMARTS) is 1. The molecule has 0 bridgehead atoms. The number of piperidine rings is 1. The lowest BCUT2D eigenvalue weighted by Gasteiger charge is -2.29. The lowest BCUT2D eigenvalue weighted by Crippen LogP contribution is -2.29. The summed E-state index contributed by atoms with van der Waals surface area (Å²) in [7, 11) is 1.44. The molecule has 1 amide bonds. The van der Waals surface area contributed by atoms with Gasteiger partial charge < -0.3 is 25.8 Å². The standard InChI is InChI=1S/C27H26N6O5/c1-38-25-20(13-30-27(37)32-25)15-5-6-19-22(11-15)29-14-21(24(28)34)23(19)31-17-9-16(26(35)36)10-18(12-17)33-7-3-2-4-8-33/h5-6,9-14H,2-4,7-8H2,1H3,(H2,28,34)(H,29,31)(H,35,36)(H,30,32,37). The van der Waals surface area contributed by atoms with E-state index in [1.54, 1.807) is 24.3 Å². The first-order valence-corrected chi connectivity index (χ1v) is 12.1. The van der Waals surface area contributed by atoms with Gasteiger partial charge in [-0.05, 0) is 49.1 Å². The van der Waals surface area contributed by atoms with Crippen molar-refractivity contribution in [3.63, 3.8) is 0 Å². The van der Waals surface area contributed by atoms with Gasteiger partial charge in [0.2, 0.25) is 5.88 Å². The third kappa shape index (κ3) is 4.85. The van der Waals surface area contributed by atoms with E-state index in [4.69, 9.17) is 10.5 Å². The number of H-pyrrole nitrogens is 1. The summed E-state index contributed by atoms with van der Waals surface area (Å²) in [6, 6.07) is 10.4. The maximum atomic E-state index is 12.3. The number of aromatic carboxylic acids is 1. The number of fused-ring (bicyclic) bond motifs is 1. The zero-order chi connectivity index (χ0) is 26.8. The van der Waals surface area contributed by atoms with Crippen LogP contribution in [0.3, 0.4) is 0 Å². The van der Waals surface area contributed by atoms with Crippen molar-refractivity contribution in [1.29, 1.82) is 0 Å². The number of methoxy groups -OCH3 is 1. The largest absolute Gasteiger partial charge is 0.482 e. The maximum Gasteiger partial charge on any atom is 0.347 e. The quantitative estimate of drug-likeness (QED) is 0.289. The average Bonchev–Trinajstić information content (AvgIpc) is 2.93. The summed E-state index contributed by atoms with van der Waals surface area (Å²) < 4.78 is 5.30. The molecule has 0 spiro atoms. The van der Waals surface area contributed by atoms with Crippen LogP contribution in [0.25, 0.3) is 22.0 Å². The van der Waals surface area contributed by atoms with E-state index in [9.17, 15) is 19.5 Å². The van der Waals surface area contributed by atoms with Crippen LogP contribution in [0.1, 0.15) is 40.0 Å². The van der Waals surface area contributed by atoms with Gasteiger partial charge in [0.25, 0.3) is 5.91 Å². The van der Waals surface area contributed by atoms with Crippen molar-refractivity contribution < 1.29 is 19.4 Å². The van der Waals surface area contributed by atoms with Crippen LogP contribution in [0.4, 0.5) is 17.1 Å². The molecule has 1 aliphatic heterocycles. The summed E-state index contributed by atoms with van der Waals surface area (Å²) >= 11 is 0. The van der Waals surface area contributed by atoms with Crippen molar-refractivity contribution in [1.82, 2.24) is 15.0 Å². The van der Waals surface area contributed by atoms with Crippen LogP contribution in [0.15, 0.2) is 53.6 Å². The number of hydrogen-bond donors (Lipinski definition) is 4. The first-order valence-electron chi connectivity index (χ1n) is 12.1. The van der Waals surface area contributed by atoms with E-state index < -0.39 is 17.6 Å². The zero-order valence-electron chi connectivity index (χ0n) is 20.7. The Morgan fingerprint density at radius 1 is 1.08 bits per heavy atom. The van der Waals surface area contributed by atoms with Crippen LogP contribution < -0.4 is 26.4 Å². The summed E-state index contributed by atoms with van der Waals surface area (Å²) in [4.78, 5) is 48.8. The van der Waals surface area contributed by atoms with E-state index in [2.05, 4.69) is 25.2 Å². The van der Waals surface area contributed by atoms with E-state index in [0.717, 1.165) is 38.0 Å². The van der Waals surface area contributed by atoms with Crippen LogP contribution in [-0.2, 0) is 0 Å². The lowest BCUT2D eigenvalue weighted by atomic mass is 10.0.